The van der Waals surface area contributed by atoms with Crippen LogP contribution in [-0.4, -0.2) is 0 Å². The smallest absolute Gasteiger partial charge is 0.0868 e. The van der Waals surface area contributed by atoms with Crippen molar-refractivity contribution < 1.29 is 42.4 Å². The molecule has 0 aliphatic rings. The highest BCUT2D eigenvalue weighted by Crippen LogP contribution is 2.28. The van der Waals surface area contributed by atoms with Crippen molar-refractivity contribution in [2.24, 2.45) is 0 Å². The van der Waals surface area contributed by atoms with Crippen molar-refractivity contribution in [3.05, 3.63) is 97.8 Å². The Hall–Kier alpha value is -0.700. The van der Waals surface area contributed by atoms with Gasteiger partial charge in [-0.2, -0.15) is 0 Å². The second-order valence-electron chi connectivity index (χ2n) is 4.99. The third-order valence-electron chi connectivity index (χ3n) is 3.26. The van der Waals surface area contributed by atoms with Gasteiger partial charge in [0.05, 0.1) is 0 Å². The second kappa shape index (κ2) is 8.12. The fourth-order valence-electron chi connectivity index (χ4n) is 2.17. The molecule has 0 aliphatic carbocycles. The molecule has 0 unspecified atom stereocenters. The SMILES string of the molecule is c1ccc([I+]c2ccc(-c3ccc([I+]c4ccccc4)s3)s2)cc1. The Labute approximate surface area is 171 Å². The number of hydrogen-bond acceptors (Lipinski definition) is 2. The lowest BCUT2D eigenvalue weighted by Crippen LogP contribution is -3.61. The lowest BCUT2D eigenvalue weighted by molar-refractivity contribution is -0.591. The zero-order chi connectivity index (χ0) is 16.2. The Morgan fingerprint density at radius 3 is 1.29 bits per heavy atom. The van der Waals surface area contributed by atoms with Gasteiger partial charge in [0.2, 0.25) is 5.77 Å². The summed E-state index contributed by atoms with van der Waals surface area (Å²) in [6.07, 6.45) is 0. The highest BCUT2D eigenvalue weighted by Gasteiger charge is 2.21. The Balaban J connectivity index is 1.49. The van der Waals surface area contributed by atoms with E-state index in [1.54, 1.807) is 5.77 Å². The van der Waals surface area contributed by atoms with Gasteiger partial charge in [-0.15, -0.1) is 0 Å². The van der Waals surface area contributed by atoms with E-state index in [2.05, 4.69) is 84.9 Å². The van der Waals surface area contributed by atoms with Crippen LogP contribution in [0.4, 0.5) is 0 Å². The van der Waals surface area contributed by atoms with Crippen LogP contribution >= 0.6 is 22.7 Å². The summed E-state index contributed by atoms with van der Waals surface area (Å²) in [5, 5.41) is 0. The minimum absolute atomic E-state index is 0.0461. The second-order valence-corrected chi connectivity index (χ2v) is 14.5. The monoisotopic (exact) mass is 572 g/mol. The van der Waals surface area contributed by atoms with Gasteiger partial charge in [-0.1, -0.05) is 59.1 Å². The van der Waals surface area contributed by atoms with E-state index in [9.17, 15) is 0 Å². The molecule has 4 aromatic rings. The van der Waals surface area contributed by atoms with Gasteiger partial charge in [0.25, 0.3) is 0 Å². The molecule has 4 heteroatoms. The van der Waals surface area contributed by atoms with Crippen molar-refractivity contribution >= 4 is 22.7 Å². The molecular formula is C20H14I2S2+2. The number of benzene rings is 2. The number of hydrogen-bond donors (Lipinski definition) is 0. The lowest BCUT2D eigenvalue weighted by atomic mass is 10.4. The van der Waals surface area contributed by atoms with Gasteiger partial charge < -0.3 is 0 Å². The fraction of sp³-hybridized carbons (Fsp3) is 0. The first-order valence-electron chi connectivity index (χ1n) is 7.47. The molecule has 2 aromatic heterocycles. The Morgan fingerprint density at radius 2 is 0.875 bits per heavy atom. The molecular weight excluding hydrogens is 558 g/mol. The standard InChI is InChI=1S/C20H14I2S2/c1-3-7-15(8-4-1)21-19-13-11-17(23-19)18-12-14-20(24-18)22-16-9-5-2-6-10-16/h1-14H/q+2. The molecule has 0 atom stereocenters. The van der Waals surface area contributed by atoms with E-state index in [0.29, 0.717) is 0 Å². The van der Waals surface area contributed by atoms with Crippen molar-refractivity contribution in [2.75, 3.05) is 0 Å². The van der Waals surface area contributed by atoms with Crippen LogP contribution in [0.15, 0.2) is 84.9 Å². The Bertz CT molecular complexity index is 833. The van der Waals surface area contributed by atoms with Crippen LogP contribution in [0.5, 0.6) is 0 Å². The van der Waals surface area contributed by atoms with Crippen molar-refractivity contribution in [3.63, 3.8) is 0 Å². The van der Waals surface area contributed by atoms with Crippen LogP contribution in [-0.2, 0) is 0 Å². The van der Waals surface area contributed by atoms with Crippen molar-refractivity contribution in [1.29, 1.82) is 0 Å². The van der Waals surface area contributed by atoms with E-state index < -0.39 is 0 Å². The predicted molar refractivity (Wildman–Crippen MR) is 95.3 cm³/mol. The lowest BCUT2D eigenvalue weighted by Gasteiger charge is -1.86. The van der Waals surface area contributed by atoms with E-state index in [0.717, 1.165) is 0 Å². The Kier molecular flexibility index (Phi) is 5.67. The maximum Gasteiger partial charge on any atom is 0.369 e. The summed E-state index contributed by atoms with van der Waals surface area (Å²) < 4.78 is 6.07. The molecule has 0 nitrogen and oxygen atoms in total. The summed E-state index contributed by atoms with van der Waals surface area (Å²) in [5.74, 6) is 0. The van der Waals surface area contributed by atoms with Gasteiger partial charge in [-0.25, -0.2) is 0 Å². The first kappa shape index (κ1) is 16.8. The van der Waals surface area contributed by atoms with Crippen LogP contribution in [0.2, 0.25) is 0 Å². The van der Waals surface area contributed by atoms with Gasteiger partial charge in [-0.05, 0) is 36.4 Å². The highest BCUT2D eigenvalue weighted by molar-refractivity contribution is 7.19. The molecule has 0 fully saturated rings. The largest absolute Gasteiger partial charge is 0.369 e. The summed E-state index contributed by atoms with van der Waals surface area (Å²) in [7, 11) is 0. The molecule has 0 amide bonds. The van der Waals surface area contributed by atoms with E-state index in [1.807, 2.05) is 22.7 Å². The molecule has 0 spiro atoms. The van der Waals surface area contributed by atoms with E-state index in [4.69, 9.17) is 0 Å². The number of thiophene rings is 2. The van der Waals surface area contributed by atoms with Crippen LogP contribution in [0.3, 0.4) is 0 Å². The van der Waals surface area contributed by atoms with Crippen LogP contribution in [0.1, 0.15) is 0 Å². The van der Waals surface area contributed by atoms with Gasteiger partial charge >= 0.3 is 42.4 Å². The van der Waals surface area contributed by atoms with E-state index in [-0.39, 0.29) is 42.4 Å². The van der Waals surface area contributed by atoms with E-state index >= 15 is 0 Å². The molecule has 0 N–H and O–H groups in total. The molecule has 2 aromatic carbocycles. The molecule has 0 saturated heterocycles. The molecule has 24 heavy (non-hydrogen) atoms. The summed E-state index contributed by atoms with van der Waals surface area (Å²) in [6.45, 7) is 0. The van der Waals surface area contributed by atoms with Crippen LogP contribution in [0, 0.1) is 12.9 Å². The zero-order valence-corrected chi connectivity index (χ0v) is 18.6. The Morgan fingerprint density at radius 1 is 0.458 bits per heavy atom. The van der Waals surface area contributed by atoms with Gasteiger partial charge in [0.1, 0.15) is 0 Å². The molecule has 4 rings (SSSR count). The number of rotatable bonds is 5. The average molecular weight is 572 g/mol. The average Bonchev–Trinajstić information content (AvgIpc) is 3.26. The van der Waals surface area contributed by atoms with Crippen LogP contribution < -0.4 is 42.4 Å². The topological polar surface area (TPSA) is 0 Å². The fourth-order valence-corrected chi connectivity index (χ4v) is 10.6. The minimum Gasteiger partial charge on any atom is -0.0868 e. The maximum absolute atomic E-state index is 2.33. The van der Waals surface area contributed by atoms with Crippen molar-refractivity contribution in [3.8, 4) is 9.75 Å². The molecule has 0 bridgehead atoms. The zero-order valence-electron chi connectivity index (χ0n) is 12.7. The maximum atomic E-state index is 2.33. The summed E-state index contributed by atoms with van der Waals surface area (Å²) in [6, 6.07) is 31.0. The number of halogens is 2. The first-order valence-corrected chi connectivity index (χ1v) is 13.4. The van der Waals surface area contributed by atoms with Gasteiger partial charge in [0.15, 0.2) is 7.14 Å². The predicted octanol–water partition coefficient (Wildman–Crippen LogP) is -0.267. The molecule has 0 radical (unpaired) electrons. The summed E-state index contributed by atoms with van der Waals surface area (Å²) in [4.78, 5) is 2.85. The van der Waals surface area contributed by atoms with E-state index in [1.165, 1.54) is 16.9 Å². The summed E-state index contributed by atoms with van der Waals surface area (Å²) >= 11 is 3.85. The quantitative estimate of drug-likeness (QED) is 0.290. The van der Waals surface area contributed by atoms with Crippen molar-refractivity contribution in [2.45, 2.75) is 0 Å². The molecule has 2 heterocycles. The first-order chi connectivity index (χ1) is 11.9. The highest BCUT2D eigenvalue weighted by atomic mass is 127. The normalized spacial score (nSPS) is 10.8. The van der Waals surface area contributed by atoms with Crippen molar-refractivity contribution in [1.82, 2.24) is 0 Å². The van der Waals surface area contributed by atoms with Gasteiger partial charge in [-0.3, -0.25) is 0 Å². The third-order valence-corrected chi connectivity index (χ3v) is 12.0. The third kappa shape index (κ3) is 4.28. The summed E-state index contributed by atoms with van der Waals surface area (Å²) in [5.41, 5.74) is 0. The minimum atomic E-state index is -0.0461. The molecule has 0 saturated carbocycles. The van der Waals surface area contributed by atoms with Crippen LogP contribution in [0.25, 0.3) is 9.75 Å². The molecule has 0 aliphatic heterocycles. The van der Waals surface area contributed by atoms with Gasteiger partial charge in [0, 0.05) is 21.9 Å². The molecule has 118 valence electrons.